The molecule has 1 aromatic carbocycles. The molecule has 0 spiro atoms. The molecule has 5 heteroatoms. The summed E-state index contributed by atoms with van der Waals surface area (Å²) in [7, 11) is -2.86. The lowest BCUT2D eigenvalue weighted by atomic mass is 10.0. The Bertz CT molecular complexity index is 554. The zero-order valence-electron chi connectivity index (χ0n) is 10.9. The predicted molar refractivity (Wildman–Crippen MR) is 74.1 cm³/mol. The maximum Gasteiger partial charge on any atom is 0.152 e. The van der Waals surface area contributed by atoms with E-state index in [1.807, 2.05) is 32.0 Å². The van der Waals surface area contributed by atoms with Gasteiger partial charge in [0.2, 0.25) is 0 Å². The summed E-state index contributed by atoms with van der Waals surface area (Å²) in [5.41, 5.74) is 8.51. The van der Waals surface area contributed by atoms with Gasteiger partial charge in [-0.25, -0.2) is 8.42 Å². The van der Waals surface area contributed by atoms with E-state index in [2.05, 4.69) is 5.32 Å². The van der Waals surface area contributed by atoms with Gasteiger partial charge >= 0.3 is 0 Å². The van der Waals surface area contributed by atoms with Crippen molar-refractivity contribution in [1.29, 1.82) is 0 Å². The molecule has 0 radical (unpaired) electrons. The van der Waals surface area contributed by atoms with Crippen LogP contribution >= 0.6 is 0 Å². The Morgan fingerprint density at radius 3 is 2.78 bits per heavy atom. The molecular weight excluding hydrogens is 248 g/mol. The fourth-order valence-electron chi connectivity index (χ4n) is 2.35. The number of benzene rings is 1. The second-order valence-corrected chi connectivity index (χ2v) is 7.57. The monoisotopic (exact) mass is 268 g/mol. The lowest BCUT2D eigenvalue weighted by Crippen LogP contribution is -2.42. The van der Waals surface area contributed by atoms with Gasteiger partial charge in [0.25, 0.3) is 0 Å². The minimum absolute atomic E-state index is 0.224. The fraction of sp³-hybridized carbons (Fsp3) is 0.538. The molecule has 1 atom stereocenters. The summed E-state index contributed by atoms with van der Waals surface area (Å²) >= 11 is 0. The summed E-state index contributed by atoms with van der Waals surface area (Å²) in [4.78, 5) is 0. The molecule has 0 amide bonds. The maximum atomic E-state index is 11.5. The standard InChI is InChI=1S/C13H20N2O2S/c1-10-11(4-3-5-12(10)14)8-15-13(2)6-7-18(16,17)9-13/h3-5,15H,6-9,14H2,1-2H3. The molecule has 1 unspecified atom stereocenters. The van der Waals surface area contributed by atoms with E-state index in [1.165, 1.54) is 0 Å². The number of hydrogen-bond donors (Lipinski definition) is 2. The Balaban J connectivity index is 2.06. The lowest BCUT2D eigenvalue weighted by molar-refractivity contribution is 0.395. The Morgan fingerprint density at radius 2 is 2.17 bits per heavy atom. The van der Waals surface area contributed by atoms with Crippen molar-refractivity contribution in [3.05, 3.63) is 29.3 Å². The number of nitrogens with two attached hydrogens (primary N) is 1. The van der Waals surface area contributed by atoms with Gasteiger partial charge in [0, 0.05) is 17.8 Å². The van der Waals surface area contributed by atoms with Gasteiger partial charge in [-0.3, -0.25) is 0 Å². The minimum Gasteiger partial charge on any atom is -0.399 e. The van der Waals surface area contributed by atoms with E-state index in [-0.39, 0.29) is 17.0 Å². The third-order valence-corrected chi connectivity index (χ3v) is 5.60. The molecule has 1 aliphatic heterocycles. The highest BCUT2D eigenvalue weighted by Gasteiger charge is 2.37. The molecule has 4 nitrogen and oxygen atoms in total. The lowest BCUT2D eigenvalue weighted by Gasteiger charge is -2.24. The first-order valence-electron chi connectivity index (χ1n) is 6.11. The maximum absolute atomic E-state index is 11.5. The summed E-state index contributed by atoms with van der Waals surface area (Å²) < 4.78 is 23.0. The molecule has 18 heavy (non-hydrogen) atoms. The predicted octanol–water partition coefficient (Wildman–Crippen LogP) is 1.24. The third kappa shape index (κ3) is 2.84. The molecule has 1 fully saturated rings. The summed E-state index contributed by atoms with van der Waals surface area (Å²) in [5, 5.41) is 3.36. The Hall–Kier alpha value is -1.07. The van der Waals surface area contributed by atoms with Crippen molar-refractivity contribution in [3.63, 3.8) is 0 Å². The molecule has 1 heterocycles. The summed E-state index contributed by atoms with van der Waals surface area (Å²) in [6, 6.07) is 5.82. The van der Waals surface area contributed by atoms with Crippen LogP contribution in [0.1, 0.15) is 24.5 Å². The Morgan fingerprint density at radius 1 is 1.44 bits per heavy atom. The third-order valence-electron chi connectivity index (χ3n) is 3.70. The van der Waals surface area contributed by atoms with Crippen molar-refractivity contribution in [2.45, 2.75) is 32.4 Å². The van der Waals surface area contributed by atoms with Crippen LogP contribution in [-0.2, 0) is 16.4 Å². The second kappa shape index (κ2) is 4.55. The van der Waals surface area contributed by atoms with E-state index in [9.17, 15) is 8.42 Å². The van der Waals surface area contributed by atoms with Crippen LogP contribution < -0.4 is 11.1 Å². The second-order valence-electron chi connectivity index (χ2n) is 5.39. The zero-order chi connectivity index (χ0) is 13.4. The topological polar surface area (TPSA) is 72.2 Å². The number of hydrogen-bond acceptors (Lipinski definition) is 4. The highest BCUT2D eigenvalue weighted by atomic mass is 32.2. The van der Waals surface area contributed by atoms with Crippen LogP contribution in [0.4, 0.5) is 5.69 Å². The summed E-state index contributed by atoms with van der Waals surface area (Å²) in [6.07, 6.45) is 0.677. The normalized spacial score (nSPS) is 26.3. The average Bonchev–Trinajstić information content (AvgIpc) is 2.56. The summed E-state index contributed by atoms with van der Waals surface area (Å²) in [6.45, 7) is 4.61. The highest BCUT2D eigenvalue weighted by Crippen LogP contribution is 2.24. The molecule has 0 saturated carbocycles. The van der Waals surface area contributed by atoms with Gasteiger partial charge in [-0.1, -0.05) is 12.1 Å². The Labute approximate surface area is 108 Å². The van der Waals surface area contributed by atoms with Crippen LogP contribution in [0.2, 0.25) is 0 Å². The molecule has 0 aliphatic carbocycles. The van der Waals surface area contributed by atoms with E-state index in [0.717, 1.165) is 16.8 Å². The van der Waals surface area contributed by atoms with Crippen LogP contribution in [0.25, 0.3) is 0 Å². The van der Waals surface area contributed by atoms with Crippen LogP contribution in [0.5, 0.6) is 0 Å². The van der Waals surface area contributed by atoms with Crippen LogP contribution in [0.3, 0.4) is 0 Å². The number of anilines is 1. The van der Waals surface area contributed by atoms with Crippen molar-refractivity contribution in [1.82, 2.24) is 5.32 Å². The van der Waals surface area contributed by atoms with E-state index in [1.54, 1.807) is 0 Å². The van der Waals surface area contributed by atoms with Crippen LogP contribution in [0.15, 0.2) is 18.2 Å². The van der Waals surface area contributed by atoms with Crippen LogP contribution in [-0.4, -0.2) is 25.5 Å². The van der Waals surface area contributed by atoms with Gasteiger partial charge in [0.05, 0.1) is 11.5 Å². The average molecular weight is 268 g/mol. The molecule has 1 aliphatic rings. The number of nitrogens with one attached hydrogen (secondary N) is 1. The van der Waals surface area contributed by atoms with E-state index in [0.29, 0.717) is 13.0 Å². The number of nitrogen functional groups attached to an aromatic ring is 1. The first-order valence-corrected chi connectivity index (χ1v) is 7.93. The largest absolute Gasteiger partial charge is 0.399 e. The number of rotatable bonds is 3. The molecular formula is C13H20N2O2S. The highest BCUT2D eigenvalue weighted by molar-refractivity contribution is 7.91. The summed E-state index contributed by atoms with van der Waals surface area (Å²) in [5.74, 6) is 0.508. The van der Waals surface area contributed by atoms with Crippen molar-refractivity contribution >= 4 is 15.5 Å². The smallest absolute Gasteiger partial charge is 0.152 e. The van der Waals surface area contributed by atoms with Gasteiger partial charge in [0.15, 0.2) is 9.84 Å². The van der Waals surface area contributed by atoms with Crippen molar-refractivity contribution in [2.24, 2.45) is 0 Å². The quantitative estimate of drug-likeness (QED) is 0.809. The van der Waals surface area contributed by atoms with Gasteiger partial charge in [-0.05, 0) is 37.5 Å². The zero-order valence-corrected chi connectivity index (χ0v) is 11.7. The minimum atomic E-state index is -2.86. The van der Waals surface area contributed by atoms with Crippen molar-refractivity contribution < 1.29 is 8.42 Å². The molecule has 2 rings (SSSR count). The van der Waals surface area contributed by atoms with Gasteiger partial charge in [-0.15, -0.1) is 0 Å². The van der Waals surface area contributed by atoms with E-state index >= 15 is 0 Å². The van der Waals surface area contributed by atoms with Crippen molar-refractivity contribution in [3.8, 4) is 0 Å². The van der Waals surface area contributed by atoms with Gasteiger partial charge in [-0.2, -0.15) is 0 Å². The molecule has 100 valence electrons. The Kier molecular flexibility index (Phi) is 3.38. The molecule has 1 saturated heterocycles. The molecule has 1 aromatic rings. The first-order chi connectivity index (χ1) is 8.31. The number of sulfone groups is 1. The molecule has 0 aromatic heterocycles. The van der Waals surface area contributed by atoms with Gasteiger partial charge < -0.3 is 11.1 Å². The first kappa shape index (κ1) is 13.4. The van der Waals surface area contributed by atoms with Crippen LogP contribution in [0, 0.1) is 6.92 Å². The van der Waals surface area contributed by atoms with Gasteiger partial charge in [0.1, 0.15) is 0 Å². The van der Waals surface area contributed by atoms with E-state index in [4.69, 9.17) is 5.73 Å². The van der Waals surface area contributed by atoms with E-state index < -0.39 is 9.84 Å². The fourth-order valence-corrected chi connectivity index (χ4v) is 4.48. The molecule has 3 N–H and O–H groups in total. The SMILES string of the molecule is Cc1c(N)cccc1CNC1(C)CCS(=O)(=O)C1. The molecule has 0 bridgehead atoms. The van der Waals surface area contributed by atoms with Crippen molar-refractivity contribution in [2.75, 3.05) is 17.2 Å².